The van der Waals surface area contributed by atoms with E-state index in [1.54, 1.807) is 0 Å². The Labute approximate surface area is 85.8 Å². The van der Waals surface area contributed by atoms with Crippen molar-refractivity contribution in [1.82, 2.24) is 4.48 Å². The molecule has 0 aliphatic rings. The van der Waals surface area contributed by atoms with Crippen LogP contribution in [-0.4, -0.2) is 19.0 Å². The van der Waals surface area contributed by atoms with Gasteiger partial charge in [0.1, 0.15) is 11.2 Å². The Morgan fingerprint density at radius 3 is 2.00 bits per heavy atom. The zero-order valence-electron chi connectivity index (χ0n) is 9.32. The molecule has 0 spiro atoms. The van der Waals surface area contributed by atoms with E-state index in [9.17, 15) is 4.79 Å². The van der Waals surface area contributed by atoms with Crippen molar-refractivity contribution in [2.75, 3.05) is 7.05 Å². The van der Waals surface area contributed by atoms with Crippen LogP contribution in [0.1, 0.15) is 20.8 Å². The third kappa shape index (κ3) is 1.70. The number of carbonyl (C=O) groups is 1. The zero-order chi connectivity index (χ0) is 10.8. The lowest BCUT2D eigenvalue weighted by atomic mass is 10.0. The molecule has 0 fully saturated rings. The number of quaternary nitrogens is 1. The molecule has 0 bridgehead atoms. The summed E-state index contributed by atoms with van der Waals surface area (Å²) in [6, 6.07) is 9.85. The minimum absolute atomic E-state index is 0.122. The van der Waals surface area contributed by atoms with Gasteiger partial charge in [-0.25, -0.2) is 9.28 Å². The molecule has 76 valence electrons. The molecule has 0 saturated heterocycles. The van der Waals surface area contributed by atoms with Gasteiger partial charge in [-0.2, -0.15) is 0 Å². The first-order chi connectivity index (χ1) is 6.42. The summed E-state index contributed by atoms with van der Waals surface area (Å²) in [6.45, 7) is 6.19. The van der Waals surface area contributed by atoms with Crippen molar-refractivity contribution in [2.45, 2.75) is 26.3 Å². The quantitative estimate of drug-likeness (QED) is 0.520. The summed E-state index contributed by atoms with van der Waals surface area (Å²) < 4.78 is 0.299. The van der Waals surface area contributed by atoms with Gasteiger partial charge in [0.05, 0.1) is 7.05 Å². The van der Waals surface area contributed by atoms with E-state index in [0.29, 0.717) is 4.48 Å². The molecule has 1 aromatic carbocycles. The Morgan fingerprint density at radius 2 is 1.64 bits per heavy atom. The van der Waals surface area contributed by atoms with Gasteiger partial charge in [0.25, 0.3) is 0 Å². The highest BCUT2D eigenvalue weighted by Crippen LogP contribution is 2.28. The average molecular weight is 192 g/mol. The van der Waals surface area contributed by atoms with E-state index in [4.69, 9.17) is 0 Å². The van der Waals surface area contributed by atoms with Gasteiger partial charge in [0.2, 0.25) is 0 Å². The van der Waals surface area contributed by atoms with Crippen molar-refractivity contribution in [3.05, 3.63) is 30.3 Å². The molecule has 0 aliphatic carbocycles. The summed E-state index contributed by atoms with van der Waals surface area (Å²) in [5, 5.41) is 0. The molecule has 14 heavy (non-hydrogen) atoms. The summed E-state index contributed by atoms with van der Waals surface area (Å²) in [4.78, 5) is 11.2. The van der Waals surface area contributed by atoms with Crippen LogP contribution in [0.2, 0.25) is 0 Å². The van der Waals surface area contributed by atoms with E-state index < -0.39 is 0 Å². The maximum atomic E-state index is 11.2. The molecule has 0 aromatic heterocycles. The summed E-state index contributed by atoms with van der Waals surface area (Å²) >= 11 is 0. The number of amides is 1. The Morgan fingerprint density at radius 1 is 1.14 bits per heavy atom. The lowest BCUT2D eigenvalue weighted by molar-refractivity contribution is -0.119. The zero-order valence-corrected chi connectivity index (χ0v) is 9.32. The van der Waals surface area contributed by atoms with E-state index >= 15 is 0 Å². The number of benzene rings is 1. The van der Waals surface area contributed by atoms with Crippen molar-refractivity contribution in [3.8, 4) is 0 Å². The topological polar surface area (TPSA) is 17.1 Å². The largest absolute Gasteiger partial charge is 0.306 e. The van der Waals surface area contributed by atoms with Crippen LogP contribution >= 0.6 is 0 Å². The monoisotopic (exact) mass is 192 g/mol. The number of rotatable bonds is 2. The van der Waals surface area contributed by atoms with Crippen LogP contribution in [0.3, 0.4) is 0 Å². The first-order valence-electron chi connectivity index (χ1n) is 4.80. The SMILES string of the molecule is CC(C)(C)[N+](C)(C=O)c1ccccc1. The molecule has 1 unspecified atom stereocenters. The highest BCUT2D eigenvalue weighted by atomic mass is 16.1. The number of hydrogen-bond acceptors (Lipinski definition) is 1. The predicted octanol–water partition coefficient (Wildman–Crippen LogP) is 2.58. The van der Waals surface area contributed by atoms with E-state index in [1.165, 1.54) is 0 Å². The molecule has 1 amide bonds. The second-order valence-corrected chi connectivity index (χ2v) is 4.69. The highest BCUT2D eigenvalue weighted by molar-refractivity contribution is 5.70. The van der Waals surface area contributed by atoms with Crippen molar-refractivity contribution in [3.63, 3.8) is 0 Å². The summed E-state index contributed by atoms with van der Waals surface area (Å²) in [5.74, 6) is 0. The molecule has 0 heterocycles. The third-order valence-electron chi connectivity index (χ3n) is 2.90. The van der Waals surface area contributed by atoms with Crippen LogP contribution in [0.15, 0.2) is 30.3 Å². The van der Waals surface area contributed by atoms with Gasteiger partial charge >= 0.3 is 6.41 Å². The van der Waals surface area contributed by atoms with E-state index in [2.05, 4.69) is 20.8 Å². The van der Waals surface area contributed by atoms with Gasteiger partial charge in [0, 0.05) is 0 Å². The molecular formula is C12H18NO+. The third-order valence-corrected chi connectivity index (χ3v) is 2.90. The number of para-hydroxylation sites is 1. The standard InChI is InChI=1S/C12H18NO/c1-12(2,3)13(4,10-14)11-8-6-5-7-9-11/h5-10H,1-4H3/q+1. The minimum Gasteiger partial charge on any atom is -0.233 e. The maximum absolute atomic E-state index is 11.2. The summed E-state index contributed by atoms with van der Waals surface area (Å²) in [7, 11) is 1.93. The molecule has 1 aromatic rings. The second-order valence-electron chi connectivity index (χ2n) is 4.69. The van der Waals surface area contributed by atoms with E-state index in [-0.39, 0.29) is 5.54 Å². The van der Waals surface area contributed by atoms with Gasteiger partial charge < -0.3 is 0 Å². The predicted molar refractivity (Wildman–Crippen MR) is 60.0 cm³/mol. The molecule has 1 rings (SSSR count). The number of nitrogens with zero attached hydrogens (tertiary/aromatic N) is 1. The first kappa shape index (κ1) is 10.9. The molecule has 2 nitrogen and oxygen atoms in total. The van der Waals surface area contributed by atoms with Gasteiger partial charge in [0.15, 0.2) is 0 Å². The van der Waals surface area contributed by atoms with Crippen LogP contribution in [0.25, 0.3) is 0 Å². The van der Waals surface area contributed by atoms with Gasteiger partial charge in [-0.3, -0.25) is 0 Å². The van der Waals surface area contributed by atoms with Crippen LogP contribution < -0.4 is 4.48 Å². The highest BCUT2D eigenvalue weighted by Gasteiger charge is 2.38. The maximum Gasteiger partial charge on any atom is 0.306 e. The normalized spacial score (nSPS) is 16.0. The fourth-order valence-electron chi connectivity index (χ4n) is 1.34. The fourth-order valence-corrected chi connectivity index (χ4v) is 1.34. The molecule has 2 heteroatoms. The molecular weight excluding hydrogens is 174 g/mol. The first-order valence-corrected chi connectivity index (χ1v) is 4.80. The average Bonchev–Trinajstić information content (AvgIpc) is 2.16. The van der Waals surface area contributed by atoms with E-state index in [1.807, 2.05) is 37.4 Å². The van der Waals surface area contributed by atoms with Crippen molar-refractivity contribution >= 4 is 12.1 Å². The lowest BCUT2D eigenvalue weighted by Crippen LogP contribution is -2.57. The smallest absolute Gasteiger partial charge is 0.233 e. The van der Waals surface area contributed by atoms with Crippen LogP contribution in [0.5, 0.6) is 0 Å². The van der Waals surface area contributed by atoms with Crippen LogP contribution in [-0.2, 0) is 4.79 Å². The molecule has 0 saturated carbocycles. The Hall–Kier alpha value is -1.15. The number of hydrogen-bond donors (Lipinski definition) is 0. The summed E-state index contributed by atoms with van der Waals surface area (Å²) in [5.41, 5.74) is 0.901. The minimum atomic E-state index is -0.122. The van der Waals surface area contributed by atoms with Gasteiger partial charge in [-0.1, -0.05) is 18.2 Å². The van der Waals surface area contributed by atoms with Crippen LogP contribution in [0, 0.1) is 0 Å². The Balaban J connectivity index is 3.22. The van der Waals surface area contributed by atoms with Gasteiger partial charge in [-0.05, 0) is 32.9 Å². The van der Waals surface area contributed by atoms with Gasteiger partial charge in [-0.15, -0.1) is 0 Å². The number of carbonyl (C=O) groups excluding carboxylic acids is 1. The van der Waals surface area contributed by atoms with Crippen molar-refractivity contribution < 1.29 is 4.79 Å². The summed E-state index contributed by atoms with van der Waals surface area (Å²) in [6.07, 6.45) is 0.995. The van der Waals surface area contributed by atoms with Crippen molar-refractivity contribution in [2.24, 2.45) is 0 Å². The Bertz CT molecular complexity index is 313. The van der Waals surface area contributed by atoms with E-state index in [0.717, 1.165) is 12.1 Å². The molecule has 1 atom stereocenters. The molecule has 0 aliphatic heterocycles. The Kier molecular flexibility index (Phi) is 2.76. The molecule has 0 radical (unpaired) electrons. The second kappa shape index (κ2) is 3.54. The molecule has 0 N–H and O–H groups in total. The fraction of sp³-hybridized carbons (Fsp3) is 0.417. The lowest BCUT2D eigenvalue weighted by Gasteiger charge is -2.39. The van der Waals surface area contributed by atoms with Crippen LogP contribution in [0.4, 0.5) is 5.69 Å². The van der Waals surface area contributed by atoms with Crippen molar-refractivity contribution in [1.29, 1.82) is 0 Å².